The average molecular weight is 237 g/mol. The summed E-state index contributed by atoms with van der Waals surface area (Å²) >= 11 is 0. The molecule has 0 aliphatic carbocycles. The third-order valence-electron chi connectivity index (χ3n) is 3.36. The number of rotatable bonds is 3. The monoisotopic (exact) mass is 237 g/mol. The van der Waals surface area contributed by atoms with Crippen LogP contribution in [0, 0.1) is 0 Å². The first-order chi connectivity index (χ1) is 8.26. The van der Waals surface area contributed by atoms with Crippen molar-refractivity contribution in [1.82, 2.24) is 9.88 Å². The molecule has 5 nitrogen and oxygen atoms in total. The Kier molecular flexibility index (Phi) is 3.81. The van der Waals surface area contributed by atoms with E-state index in [4.69, 9.17) is 10.5 Å². The second kappa shape index (κ2) is 5.33. The van der Waals surface area contributed by atoms with E-state index >= 15 is 0 Å². The quantitative estimate of drug-likeness (QED) is 0.808. The third-order valence-corrected chi connectivity index (χ3v) is 3.36. The molecule has 5 heteroatoms. The zero-order chi connectivity index (χ0) is 12.3. The molecule has 0 aromatic carbocycles. The Hall–Kier alpha value is -1.33. The number of piperidine rings is 1. The first-order valence-electron chi connectivity index (χ1n) is 5.93. The number of carbonyl (C=O) groups is 1. The van der Waals surface area contributed by atoms with Crippen LogP contribution >= 0.6 is 0 Å². The van der Waals surface area contributed by atoms with Gasteiger partial charge in [-0.05, 0) is 25.0 Å². The molecule has 0 saturated carbocycles. The highest BCUT2D eigenvalue weighted by Gasteiger charge is 2.31. The number of aromatic nitrogens is 1. The molecule has 94 valence electrons. The number of hydrogen-bond acceptors (Lipinski definition) is 3. The number of H-pyrrole nitrogens is 1. The number of methoxy groups -OCH3 is 1. The van der Waals surface area contributed by atoms with Gasteiger partial charge in [-0.2, -0.15) is 0 Å². The molecule has 1 aromatic rings. The molecule has 1 amide bonds. The molecule has 1 fully saturated rings. The summed E-state index contributed by atoms with van der Waals surface area (Å²) in [6.07, 6.45) is 3.67. The number of amides is 1. The van der Waals surface area contributed by atoms with Crippen molar-refractivity contribution in [1.29, 1.82) is 0 Å². The second-order valence-electron chi connectivity index (χ2n) is 4.35. The average Bonchev–Trinajstić information content (AvgIpc) is 2.91. The Balaban J connectivity index is 2.07. The first kappa shape index (κ1) is 12.1. The fourth-order valence-corrected chi connectivity index (χ4v) is 2.34. The smallest absolute Gasteiger partial charge is 0.270 e. The van der Waals surface area contributed by atoms with Crippen molar-refractivity contribution in [2.45, 2.75) is 25.0 Å². The Labute approximate surface area is 101 Å². The maximum atomic E-state index is 12.2. The molecule has 0 bridgehead atoms. The summed E-state index contributed by atoms with van der Waals surface area (Å²) in [5, 5.41) is 0. The van der Waals surface area contributed by atoms with Gasteiger partial charge in [0.1, 0.15) is 5.69 Å². The van der Waals surface area contributed by atoms with Crippen LogP contribution < -0.4 is 5.73 Å². The van der Waals surface area contributed by atoms with Crippen LogP contribution in [0.1, 0.15) is 23.3 Å². The molecular weight excluding hydrogens is 218 g/mol. The van der Waals surface area contributed by atoms with Crippen molar-refractivity contribution in [3.63, 3.8) is 0 Å². The van der Waals surface area contributed by atoms with Gasteiger partial charge in [-0.15, -0.1) is 0 Å². The molecule has 0 spiro atoms. The van der Waals surface area contributed by atoms with Gasteiger partial charge in [-0.3, -0.25) is 4.79 Å². The zero-order valence-corrected chi connectivity index (χ0v) is 10.1. The lowest BCUT2D eigenvalue weighted by Gasteiger charge is -2.38. The maximum absolute atomic E-state index is 12.2. The molecule has 2 rings (SSSR count). The molecular formula is C12H19N3O2. The molecule has 1 aromatic heterocycles. The Morgan fingerprint density at radius 3 is 3.12 bits per heavy atom. The highest BCUT2D eigenvalue weighted by atomic mass is 16.5. The van der Waals surface area contributed by atoms with Crippen LogP contribution in [-0.2, 0) is 4.74 Å². The Morgan fingerprint density at radius 1 is 1.71 bits per heavy atom. The van der Waals surface area contributed by atoms with Crippen molar-refractivity contribution < 1.29 is 9.53 Å². The second-order valence-corrected chi connectivity index (χ2v) is 4.35. The molecule has 1 aliphatic rings. The summed E-state index contributed by atoms with van der Waals surface area (Å²) in [4.78, 5) is 17.0. The van der Waals surface area contributed by atoms with Crippen molar-refractivity contribution in [2.75, 3.05) is 20.2 Å². The Morgan fingerprint density at radius 2 is 2.53 bits per heavy atom. The highest BCUT2D eigenvalue weighted by molar-refractivity contribution is 5.92. The summed E-state index contributed by atoms with van der Waals surface area (Å²) in [5.74, 6) is 0.0278. The van der Waals surface area contributed by atoms with Crippen LogP contribution in [0.25, 0.3) is 0 Å². The van der Waals surface area contributed by atoms with Gasteiger partial charge in [0.15, 0.2) is 0 Å². The predicted octanol–water partition coefficient (Wildman–Crippen LogP) is 0.593. The lowest BCUT2D eigenvalue weighted by molar-refractivity contribution is 0.0136. The van der Waals surface area contributed by atoms with Gasteiger partial charge in [-0.25, -0.2) is 0 Å². The van der Waals surface area contributed by atoms with Crippen molar-refractivity contribution in [2.24, 2.45) is 5.73 Å². The molecule has 0 radical (unpaired) electrons. The summed E-state index contributed by atoms with van der Waals surface area (Å²) < 4.78 is 5.34. The van der Waals surface area contributed by atoms with Gasteiger partial charge in [0.05, 0.1) is 6.10 Å². The molecule has 2 heterocycles. The topological polar surface area (TPSA) is 71.3 Å². The molecule has 2 unspecified atom stereocenters. The minimum atomic E-state index is 0.0278. The van der Waals surface area contributed by atoms with E-state index in [0.717, 1.165) is 12.8 Å². The van der Waals surface area contributed by atoms with Gasteiger partial charge >= 0.3 is 0 Å². The van der Waals surface area contributed by atoms with Crippen molar-refractivity contribution in [3.8, 4) is 0 Å². The summed E-state index contributed by atoms with van der Waals surface area (Å²) in [6, 6.07) is 3.69. The lowest BCUT2D eigenvalue weighted by Crippen LogP contribution is -2.51. The number of likely N-dealkylation sites (tertiary alicyclic amines) is 1. The van der Waals surface area contributed by atoms with Gasteiger partial charge < -0.3 is 20.4 Å². The number of aromatic amines is 1. The largest absolute Gasteiger partial charge is 0.381 e. The number of nitrogens with zero attached hydrogens (tertiary/aromatic N) is 1. The van der Waals surface area contributed by atoms with Crippen LogP contribution in [0.5, 0.6) is 0 Å². The van der Waals surface area contributed by atoms with E-state index in [1.807, 2.05) is 11.0 Å². The minimum Gasteiger partial charge on any atom is -0.381 e. The van der Waals surface area contributed by atoms with Crippen molar-refractivity contribution in [3.05, 3.63) is 24.0 Å². The number of carbonyl (C=O) groups excluding carboxylic acids is 1. The van der Waals surface area contributed by atoms with E-state index < -0.39 is 0 Å². The maximum Gasteiger partial charge on any atom is 0.270 e. The van der Waals surface area contributed by atoms with Crippen LogP contribution in [-0.4, -0.2) is 48.1 Å². The van der Waals surface area contributed by atoms with E-state index in [1.54, 1.807) is 19.4 Å². The van der Waals surface area contributed by atoms with Crippen molar-refractivity contribution >= 4 is 5.91 Å². The fraction of sp³-hybridized carbons (Fsp3) is 0.583. The van der Waals surface area contributed by atoms with E-state index in [9.17, 15) is 4.79 Å². The van der Waals surface area contributed by atoms with Gasteiger partial charge in [-0.1, -0.05) is 0 Å². The standard InChI is InChI=1S/C12H19N3O2/c1-17-10-4-6-15(9(7-10)8-13)12(16)11-3-2-5-14-11/h2-3,5,9-10,14H,4,6-8,13H2,1H3. The van der Waals surface area contributed by atoms with Gasteiger partial charge in [0, 0.05) is 32.4 Å². The van der Waals surface area contributed by atoms with Crippen LogP contribution in [0.15, 0.2) is 18.3 Å². The van der Waals surface area contributed by atoms with E-state index in [1.165, 1.54) is 0 Å². The van der Waals surface area contributed by atoms with Gasteiger partial charge in [0.25, 0.3) is 5.91 Å². The predicted molar refractivity (Wildman–Crippen MR) is 64.7 cm³/mol. The Bertz CT molecular complexity index is 364. The minimum absolute atomic E-state index is 0.0278. The zero-order valence-electron chi connectivity index (χ0n) is 10.1. The molecule has 1 saturated heterocycles. The van der Waals surface area contributed by atoms with Crippen LogP contribution in [0.4, 0.5) is 0 Å². The number of nitrogens with two attached hydrogens (primary N) is 1. The fourth-order valence-electron chi connectivity index (χ4n) is 2.34. The summed E-state index contributed by atoms with van der Waals surface area (Å²) in [6.45, 7) is 1.19. The van der Waals surface area contributed by atoms with E-state index in [2.05, 4.69) is 4.98 Å². The number of hydrogen-bond donors (Lipinski definition) is 2. The molecule has 3 N–H and O–H groups in total. The lowest BCUT2D eigenvalue weighted by atomic mass is 9.99. The SMILES string of the molecule is COC1CCN(C(=O)c2ccc[nH]2)C(CN)C1. The van der Waals surface area contributed by atoms with Crippen LogP contribution in [0.2, 0.25) is 0 Å². The highest BCUT2D eigenvalue weighted by Crippen LogP contribution is 2.20. The summed E-state index contributed by atoms with van der Waals surface area (Å²) in [7, 11) is 1.71. The van der Waals surface area contributed by atoms with E-state index in [-0.39, 0.29) is 18.1 Å². The summed E-state index contributed by atoms with van der Waals surface area (Å²) in [5.41, 5.74) is 6.37. The third kappa shape index (κ3) is 2.50. The molecule has 1 aliphatic heterocycles. The number of ether oxygens (including phenoxy) is 1. The van der Waals surface area contributed by atoms with E-state index in [0.29, 0.717) is 18.8 Å². The number of nitrogens with one attached hydrogen (secondary N) is 1. The molecule has 17 heavy (non-hydrogen) atoms. The molecule has 2 atom stereocenters. The van der Waals surface area contributed by atoms with Gasteiger partial charge in [0.2, 0.25) is 0 Å². The van der Waals surface area contributed by atoms with Crippen LogP contribution in [0.3, 0.4) is 0 Å². The first-order valence-corrected chi connectivity index (χ1v) is 5.93. The normalized spacial score (nSPS) is 24.9.